The summed E-state index contributed by atoms with van der Waals surface area (Å²) in [6.07, 6.45) is 37.4. The summed E-state index contributed by atoms with van der Waals surface area (Å²) in [5.41, 5.74) is 0. The van der Waals surface area contributed by atoms with E-state index in [9.17, 15) is 5.11 Å². The maximum Gasteiger partial charge on any atom is 0.114 e. The van der Waals surface area contributed by atoms with E-state index < -0.39 is 6.10 Å². The summed E-state index contributed by atoms with van der Waals surface area (Å²) >= 11 is 0. The summed E-state index contributed by atoms with van der Waals surface area (Å²) in [6, 6.07) is 0. The molecule has 1 nitrogen and oxygen atoms in total. The highest BCUT2D eigenvalue weighted by Gasteiger charge is 1.98. The molecule has 0 aliphatic rings. The lowest BCUT2D eigenvalue weighted by Crippen LogP contribution is -2.01. The third-order valence-corrected chi connectivity index (χ3v) is 5.68. The molecule has 0 aromatic rings. The Bertz CT molecular complexity index is 352. The number of aliphatic hydroxyl groups excluding tert-OH is 1. The fourth-order valence-electron chi connectivity index (χ4n) is 3.73. The summed E-state index contributed by atoms with van der Waals surface area (Å²) in [5.74, 6) is 2.38. The van der Waals surface area contributed by atoms with Gasteiger partial charge in [-0.1, -0.05) is 121 Å². The number of unbranched alkanes of at least 4 members (excludes halogenated alkanes) is 18. The van der Waals surface area contributed by atoms with Crippen LogP contribution in [0.3, 0.4) is 0 Å². The van der Waals surface area contributed by atoms with Crippen LogP contribution >= 0.6 is 0 Å². The SMILES string of the molecule is C#C[C@H](O)CCCCCCCCCCCCCC/C=C\CCCCCCCC. The molecule has 0 bridgehead atoms. The highest BCUT2D eigenvalue weighted by atomic mass is 16.3. The van der Waals surface area contributed by atoms with Crippen LogP contribution in [0.5, 0.6) is 0 Å². The lowest BCUT2D eigenvalue weighted by atomic mass is 10.0. The number of hydrogen-bond acceptors (Lipinski definition) is 1. The molecule has 0 aliphatic heterocycles. The van der Waals surface area contributed by atoms with Crippen molar-refractivity contribution < 1.29 is 5.11 Å². The van der Waals surface area contributed by atoms with E-state index in [4.69, 9.17) is 6.42 Å². The summed E-state index contributed by atoms with van der Waals surface area (Å²) in [4.78, 5) is 0. The minimum absolute atomic E-state index is 0.527. The van der Waals surface area contributed by atoms with Gasteiger partial charge in [-0.15, -0.1) is 6.42 Å². The summed E-state index contributed by atoms with van der Waals surface area (Å²) in [7, 11) is 0. The second-order valence-corrected chi connectivity index (χ2v) is 8.53. The van der Waals surface area contributed by atoms with Gasteiger partial charge < -0.3 is 5.11 Å². The van der Waals surface area contributed by atoms with Crippen molar-refractivity contribution in [1.82, 2.24) is 0 Å². The fourth-order valence-corrected chi connectivity index (χ4v) is 3.73. The lowest BCUT2D eigenvalue weighted by Gasteiger charge is -2.04. The van der Waals surface area contributed by atoms with Crippen LogP contribution in [0.1, 0.15) is 142 Å². The Hall–Kier alpha value is -0.740. The van der Waals surface area contributed by atoms with Crippen LogP contribution in [-0.2, 0) is 0 Å². The van der Waals surface area contributed by atoms with Gasteiger partial charge in [-0.2, -0.15) is 0 Å². The molecule has 0 amide bonds. The Labute approximate surface area is 177 Å². The first-order valence-corrected chi connectivity index (χ1v) is 12.6. The molecule has 0 spiro atoms. The zero-order valence-corrected chi connectivity index (χ0v) is 19.1. The maximum absolute atomic E-state index is 9.28. The van der Waals surface area contributed by atoms with Gasteiger partial charge in [0.15, 0.2) is 0 Å². The molecule has 0 rings (SSSR count). The Balaban J connectivity index is 3.08. The van der Waals surface area contributed by atoms with Crippen molar-refractivity contribution in [2.75, 3.05) is 0 Å². The van der Waals surface area contributed by atoms with E-state index in [2.05, 4.69) is 25.0 Å². The van der Waals surface area contributed by atoms with Gasteiger partial charge in [0.25, 0.3) is 0 Å². The van der Waals surface area contributed by atoms with Gasteiger partial charge in [0.2, 0.25) is 0 Å². The highest BCUT2D eigenvalue weighted by Crippen LogP contribution is 2.14. The molecule has 0 aromatic carbocycles. The van der Waals surface area contributed by atoms with Crippen LogP contribution in [0, 0.1) is 12.3 Å². The number of aliphatic hydroxyl groups is 1. The molecule has 28 heavy (non-hydrogen) atoms. The van der Waals surface area contributed by atoms with Gasteiger partial charge >= 0.3 is 0 Å². The van der Waals surface area contributed by atoms with Crippen LogP contribution in [0.15, 0.2) is 12.2 Å². The molecule has 164 valence electrons. The molecular weight excluding hydrogens is 340 g/mol. The summed E-state index contributed by atoms with van der Waals surface area (Å²) in [5, 5.41) is 9.28. The predicted octanol–water partition coefficient (Wildman–Crippen LogP) is 8.75. The molecule has 0 heterocycles. The molecule has 0 unspecified atom stereocenters. The molecule has 0 radical (unpaired) electrons. The van der Waals surface area contributed by atoms with E-state index in [1.54, 1.807) is 0 Å². The second-order valence-electron chi connectivity index (χ2n) is 8.53. The van der Waals surface area contributed by atoms with E-state index in [1.807, 2.05) is 0 Å². The minimum Gasteiger partial charge on any atom is -0.380 e. The number of allylic oxidation sites excluding steroid dienone is 2. The maximum atomic E-state index is 9.28. The molecular formula is C27H50O. The van der Waals surface area contributed by atoms with Crippen molar-refractivity contribution in [3.63, 3.8) is 0 Å². The first-order valence-electron chi connectivity index (χ1n) is 12.6. The van der Waals surface area contributed by atoms with Gasteiger partial charge in [-0.05, 0) is 38.5 Å². The zero-order valence-electron chi connectivity index (χ0n) is 19.1. The Morgan fingerprint density at radius 1 is 0.607 bits per heavy atom. The quantitative estimate of drug-likeness (QED) is 0.111. The smallest absolute Gasteiger partial charge is 0.114 e. The first-order chi connectivity index (χ1) is 13.8. The largest absolute Gasteiger partial charge is 0.380 e. The zero-order chi connectivity index (χ0) is 20.5. The van der Waals surface area contributed by atoms with Gasteiger partial charge in [0.1, 0.15) is 6.10 Å². The molecule has 1 atom stereocenters. The van der Waals surface area contributed by atoms with Crippen molar-refractivity contribution in [3.8, 4) is 12.3 Å². The van der Waals surface area contributed by atoms with E-state index in [0.29, 0.717) is 0 Å². The monoisotopic (exact) mass is 390 g/mol. The van der Waals surface area contributed by atoms with Gasteiger partial charge in [-0.25, -0.2) is 0 Å². The first kappa shape index (κ1) is 27.3. The summed E-state index contributed by atoms with van der Waals surface area (Å²) < 4.78 is 0. The summed E-state index contributed by atoms with van der Waals surface area (Å²) in [6.45, 7) is 2.28. The molecule has 0 fully saturated rings. The molecule has 0 aromatic heterocycles. The van der Waals surface area contributed by atoms with Gasteiger partial charge in [-0.3, -0.25) is 0 Å². The van der Waals surface area contributed by atoms with Crippen molar-refractivity contribution in [3.05, 3.63) is 12.2 Å². The van der Waals surface area contributed by atoms with Crippen LogP contribution in [0.2, 0.25) is 0 Å². The Morgan fingerprint density at radius 2 is 0.964 bits per heavy atom. The van der Waals surface area contributed by atoms with Crippen molar-refractivity contribution in [2.45, 2.75) is 148 Å². The van der Waals surface area contributed by atoms with Gasteiger partial charge in [0.05, 0.1) is 0 Å². The molecule has 0 aliphatic carbocycles. The third-order valence-electron chi connectivity index (χ3n) is 5.68. The average Bonchev–Trinajstić information content (AvgIpc) is 2.71. The van der Waals surface area contributed by atoms with E-state index in [1.165, 1.54) is 122 Å². The number of terminal acetylenes is 1. The normalized spacial score (nSPS) is 12.5. The average molecular weight is 391 g/mol. The number of rotatable bonds is 22. The Kier molecular flexibility index (Phi) is 23.7. The molecule has 1 heteroatoms. The topological polar surface area (TPSA) is 20.2 Å². The van der Waals surface area contributed by atoms with Gasteiger partial charge in [0, 0.05) is 0 Å². The van der Waals surface area contributed by atoms with Crippen LogP contribution in [0.25, 0.3) is 0 Å². The molecule has 0 saturated carbocycles. The van der Waals surface area contributed by atoms with Crippen LogP contribution in [0.4, 0.5) is 0 Å². The van der Waals surface area contributed by atoms with Crippen molar-refractivity contribution >= 4 is 0 Å². The molecule has 0 saturated heterocycles. The lowest BCUT2D eigenvalue weighted by molar-refractivity contribution is 0.217. The third kappa shape index (κ3) is 23.3. The standard InChI is InChI=1S/C27H50O/c1-3-5-6-7-8-9-10-11-12-13-14-15-16-17-18-19-20-21-22-23-24-25-26-27(28)4-2/h2,11-12,27-28H,3,5-10,13-26H2,1H3/b12-11-/t27-/m0/s1. The van der Waals surface area contributed by atoms with E-state index in [-0.39, 0.29) is 0 Å². The fraction of sp³-hybridized carbons (Fsp3) is 0.852. The van der Waals surface area contributed by atoms with Crippen molar-refractivity contribution in [1.29, 1.82) is 0 Å². The second kappa shape index (κ2) is 24.3. The predicted molar refractivity (Wildman–Crippen MR) is 127 cm³/mol. The minimum atomic E-state index is -0.527. The molecule has 1 N–H and O–H groups in total. The highest BCUT2D eigenvalue weighted by molar-refractivity contribution is 4.92. The Morgan fingerprint density at radius 3 is 1.36 bits per heavy atom. The van der Waals surface area contributed by atoms with Crippen molar-refractivity contribution in [2.24, 2.45) is 0 Å². The van der Waals surface area contributed by atoms with Crippen LogP contribution < -0.4 is 0 Å². The van der Waals surface area contributed by atoms with E-state index in [0.717, 1.165) is 12.8 Å². The number of hydrogen-bond donors (Lipinski definition) is 1. The van der Waals surface area contributed by atoms with Crippen LogP contribution in [-0.4, -0.2) is 11.2 Å². The van der Waals surface area contributed by atoms with E-state index >= 15 is 0 Å².